The highest BCUT2D eigenvalue weighted by atomic mass is 16.5. The topological polar surface area (TPSA) is 38.3 Å². The zero-order chi connectivity index (χ0) is 13.9. The van der Waals surface area contributed by atoms with Gasteiger partial charge in [-0.2, -0.15) is 0 Å². The Kier molecular flexibility index (Phi) is 4.06. The zero-order valence-corrected chi connectivity index (χ0v) is 12.2. The van der Waals surface area contributed by atoms with E-state index in [9.17, 15) is 4.79 Å². The highest BCUT2D eigenvalue weighted by molar-refractivity contribution is 5.90. The summed E-state index contributed by atoms with van der Waals surface area (Å²) in [4.78, 5) is 12.3. The van der Waals surface area contributed by atoms with Gasteiger partial charge in [0.1, 0.15) is 6.10 Å². The summed E-state index contributed by atoms with van der Waals surface area (Å²) in [7, 11) is 0. The second-order valence-corrected chi connectivity index (χ2v) is 5.98. The number of carbonyl (C=O) groups excluding carboxylic acids is 1. The third-order valence-electron chi connectivity index (χ3n) is 4.70. The molecule has 3 heteroatoms. The SMILES string of the molecule is CCC1CCCCC1OC(=O)c1ccc2c(c1)CNC2. The molecule has 0 saturated heterocycles. The lowest BCUT2D eigenvalue weighted by Crippen LogP contribution is -2.29. The quantitative estimate of drug-likeness (QED) is 0.858. The van der Waals surface area contributed by atoms with Crippen LogP contribution in [0.25, 0.3) is 0 Å². The van der Waals surface area contributed by atoms with Crippen LogP contribution in [0.2, 0.25) is 0 Å². The molecule has 20 heavy (non-hydrogen) atoms. The molecule has 1 aliphatic heterocycles. The number of hydrogen-bond acceptors (Lipinski definition) is 3. The Morgan fingerprint density at radius 2 is 2.05 bits per heavy atom. The summed E-state index contributed by atoms with van der Waals surface area (Å²) < 4.78 is 5.78. The first-order valence-corrected chi connectivity index (χ1v) is 7.81. The summed E-state index contributed by atoms with van der Waals surface area (Å²) in [5.41, 5.74) is 3.23. The van der Waals surface area contributed by atoms with Crippen molar-refractivity contribution in [2.45, 2.75) is 58.2 Å². The third-order valence-corrected chi connectivity index (χ3v) is 4.70. The molecule has 2 unspecified atom stereocenters. The van der Waals surface area contributed by atoms with E-state index in [-0.39, 0.29) is 12.1 Å². The molecule has 0 spiro atoms. The summed E-state index contributed by atoms with van der Waals surface area (Å²) in [6.45, 7) is 3.96. The maximum atomic E-state index is 12.3. The van der Waals surface area contributed by atoms with Crippen LogP contribution in [0, 0.1) is 5.92 Å². The van der Waals surface area contributed by atoms with E-state index in [0.29, 0.717) is 11.5 Å². The molecular formula is C17H23NO2. The van der Waals surface area contributed by atoms with Crippen LogP contribution in [0.3, 0.4) is 0 Å². The van der Waals surface area contributed by atoms with Crippen molar-refractivity contribution in [2.75, 3.05) is 0 Å². The van der Waals surface area contributed by atoms with E-state index in [2.05, 4.69) is 12.2 Å². The molecule has 1 heterocycles. The smallest absolute Gasteiger partial charge is 0.338 e. The Labute approximate surface area is 120 Å². The van der Waals surface area contributed by atoms with Crippen LogP contribution >= 0.6 is 0 Å². The highest BCUT2D eigenvalue weighted by Gasteiger charge is 2.27. The van der Waals surface area contributed by atoms with Crippen molar-refractivity contribution in [3.63, 3.8) is 0 Å². The number of ether oxygens (including phenoxy) is 1. The van der Waals surface area contributed by atoms with Crippen molar-refractivity contribution in [1.29, 1.82) is 0 Å². The van der Waals surface area contributed by atoms with Crippen molar-refractivity contribution in [3.8, 4) is 0 Å². The van der Waals surface area contributed by atoms with Gasteiger partial charge in [0.2, 0.25) is 0 Å². The molecule has 1 aliphatic carbocycles. The highest BCUT2D eigenvalue weighted by Crippen LogP contribution is 2.30. The van der Waals surface area contributed by atoms with Gasteiger partial charge in [-0.15, -0.1) is 0 Å². The van der Waals surface area contributed by atoms with Gasteiger partial charge < -0.3 is 10.1 Å². The first-order chi connectivity index (χ1) is 9.78. The second kappa shape index (κ2) is 5.96. The molecule has 1 saturated carbocycles. The normalized spacial score (nSPS) is 25.2. The molecule has 1 fully saturated rings. The number of benzene rings is 1. The lowest BCUT2D eigenvalue weighted by molar-refractivity contribution is 0.000701. The Bertz CT molecular complexity index is 498. The van der Waals surface area contributed by atoms with Crippen LogP contribution in [0.5, 0.6) is 0 Å². The molecule has 108 valence electrons. The van der Waals surface area contributed by atoms with Crippen molar-refractivity contribution >= 4 is 5.97 Å². The molecule has 2 aliphatic rings. The maximum absolute atomic E-state index is 12.3. The molecule has 2 atom stereocenters. The molecular weight excluding hydrogens is 250 g/mol. The van der Waals surface area contributed by atoms with E-state index in [4.69, 9.17) is 4.74 Å². The molecule has 1 aromatic rings. The Hall–Kier alpha value is -1.35. The average Bonchev–Trinajstić information content (AvgIpc) is 2.95. The number of rotatable bonds is 3. The minimum Gasteiger partial charge on any atom is -0.458 e. The predicted molar refractivity (Wildman–Crippen MR) is 78.4 cm³/mol. The summed E-state index contributed by atoms with van der Waals surface area (Å²) in [6, 6.07) is 5.93. The molecule has 1 N–H and O–H groups in total. The monoisotopic (exact) mass is 273 g/mol. The van der Waals surface area contributed by atoms with Gasteiger partial charge in [-0.25, -0.2) is 4.79 Å². The first kappa shape index (κ1) is 13.6. The van der Waals surface area contributed by atoms with Crippen molar-refractivity contribution in [3.05, 3.63) is 34.9 Å². The minimum absolute atomic E-state index is 0.118. The van der Waals surface area contributed by atoms with Crippen molar-refractivity contribution in [2.24, 2.45) is 5.92 Å². The van der Waals surface area contributed by atoms with Gasteiger partial charge in [-0.3, -0.25) is 0 Å². The average molecular weight is 273 g/mol. The fourth-order valence-electron chi connectivity index (χ4n) is 3.42. The number of fused-ring (bicyclic) bond motifs is 1. The molecule has 0 amide bonds. The van der Waals surface area contributed by atoms with Gasteiger partial charge >= 0.3 is 5.97 Å². The third kappa shape index (κ3) is 2.73. The summed E-state index contributed by atoms with van der Waals surface area (Å²) >= 11 is 0. The summed E-state index contributed by atoms with van der Waals surface area (Å²) in [5, 5.41) is 3.30. The van der Waals surface area contributed by atoms with Gasteiger partial charge in [0.15, 0.2) is 0 Å². The molecule has 0 radical (unpaired) electrons. The van der Waals surface area contributed by atoms with Crippen LogP contribution in [-0.2, 0) is 17.8 Å². The maximum Gasteiger partial charge on any atom is 0.338 e. The Balaban J connectivity index is 1.69. The molecule has 3 rings (SSSR count). The second-order valence-electron chi connectivity index (χ2n) is 5.98. The van der Waals surface area contributed by atoms with Crippen LogP contribution < -0.4 is 5.32 Å². The van der Waals surface area contributed by atoms with Crippen LogP contribution in [0.1, 0.15) is 60.5 Å². The van der Waals surface area contributed by atoms with E-state index in [1.807, 2.05) is 18.2 Å². The van der Waals surface area contributed by atoms with Gasteiger partial charge in [0, 0.05) is 13.1 Å². The molecule has 0 bridgehead atoms. The fourth-order valence-corrected chi connectivity index (χ4v) is 3.42. The molecule has 0 aromatic heterocycles. The van der Waals surface area contributed by atoms with E-state index >= 15 is 0 Å². The fraction of sp³-hybridized carbons (Fsp3) is 0.588. The number of hydrogen-bond donors (Lipinski definition) is 1. The van der Waals surface area contributed by atoms with E-state index in [1.165, 1.54) is 30.4 Å². The Morgan fingerprint density at radius 1 is 1.25 bits per heavy atom. The number of carbonyl (C=O) groups is 1. The summed E-state index contributed by atoms with van der Waals surface area (Å²) in [5.74, 6) is 0.397. The van der Waals surface area contributed by atoms with E-state index in [1.54, 1.807) is 0 Å². The van der Waals surface area contributed by atoms with Gasteiger partial charge in [0.25, 0.3) is 0 Å². The van der Waals surface area contributed by atoms with E-state index < -0.39 is 0 Å². The lowest BCUT2D eigenvalue weighted by atomic mass is 9.85. The van der Waals surface area contributed by atoms with Crippen LogP contribution in [0.4, 0.5) is 0 Å². The predicted octanol–water partition coefficient (Wildman–Crippen LogP) is 3.42. The zero-order valence-electron chi connectivity index (χ0n) is 12.2. The Morgan fingerprint density at radius 3 is 2.90 bits per heavy atom. The van der Waals surface area contributed by atoms with Crippen molar-refractivity contribution in [1.82, 2.24) is 5.32 Å². The van der Waals surface area contributed by atoms with Gasteiger partial charge in [0.05, 0.1) is 5.56 Å². The van der Waals surface area contributed by atoms with Crippen LogP contribution in [0.15, 0.2) is 18.2 Å². The van der Waals surface area contributed by atoms with Gasteiger partial charge in [-0.05, 0) is 54.9 Å². The minimum atomic E-state index is -0.148. The van der Waals surface area contributed by atoms with Crippen LogP contribution in [-0.4, -0.2) is 12.1 Å². The van der Waals surface area contributed by atoms with E-state index in [0.717, 1.165) is 25.9 Å². The largest absolute Gasteiger partial charge is 0.458 e. The lowest BCUT2D eigenvalue weighted by Gasteiger charge is -2.30. The first-order valence-electron chi connectivity index (χ1n) is 7.81. The number of esters is 1. The molecule has 1 aromatic carbocycles. The van der Waals surface area contributed by atoms with Crippen molar-refractivity contribution < 1.29 is 9.53 Å². The molecule has 3 nitrogen and oxygen atoms in total. The standard InChI is InChI=1S/C17H23NO2/c1-2-12-5-3-4-6-16(12)20-17(19)13-7-8-14-10-18-11-15(14)9-13/h7-9,12,16,18H,2-6,10-11H2,1H3. The number of nitrogens with one attached hydrogen (secondary N) is 1. The summed E-state index contributed by atoms with van der Waals surface area (Å²) in [6.07, 6.45) is 5.90. The van der Waals surface area contributed by atoms with Gasteiger partial charge in [-0.1, -0.05) is 19.4 Å².